The number of hydrogen-bond acceptors (Lipinski definition) is 3. The van der Waals surface area contributed by atoms with Gasteiger partial charge in [0.1, 0.15) is 24.0 Å². The number of halogens is 1. The predicted molar refractivity (Wildman–Crippen MR) is 140 cm³/mol. The number of anilines is 1. The molecular formula is C29H23BrN2O2. The first-order valence-electron chi connectivity index (χ1n) is 11.0. The first kappa shape index (κ1) is 23.3. The Hall–Kier alpha value is -3.88. The van der Waals surface area contributed by atoms with Crippen molar-refractivity contribution in [2.45, 2.75) is 20.0 Å². The summed E-state index contributed by atoms with van der Waals surface area (Å²) in [6.45, 7) is 2.44. The third-order valence-electron chi connectivity index (χ3n) is 5.51. The van der Waals surface area contributed by atoms with E-state index < -0.39 is 5.91 Å². The minimum Gasteiger partial charge on any atom is -0.488 e. The lowest BCUT2D eigenvalue weighted by atomic mass is 10.0. The van der Waals surface area contributed by atoms with Gasteiger partial charge in [-0.1, -0.05) is 77.5 Å². The van der Waals surface area contributed by atoms with Crippen molar-refractivity contribution in [2.24, 2.45) is 0 Å². The number of amides is 1. The summed E-state index contributed by atoms with van der Waals surface area (Å²) < 4.78 is 7.14. The number of hydrogen-bond donors (Lipinski definition) is 1. The molecule has 0 heterocycles. The summed E-state index contributed by atoms with van der Waals surface area (Å²) >= 11 is 3.44. The summed E-state index contributed by atoms with van der Waals surface area (Å²) in [5, 5.41) is 14.5. The molecule has 0 saturated heterocycles. The molecule has 34 heavy (non-hydrogen) atoms. The minimum atomic E-state index is -0.460. The SMILES string of the molecule is CCc1ccc(NC(=O)/C(C#N)=C/c2c(OCc3ccc(Br)cc3)ccc3ccccc23)cc1. The van der Waals surface area contributed by atoms with Gasteiger partial charge in [0.15, 0.2) is 0 Å². The summed E-state index contributed by atoms with van der Waals surface area (Å²) in [4.78, 5) is 12.9. The molecule has 4 rings (SSSR count). The lowest BCUT2D eigenvalue weighted by Crippen LogP contribution is -2.13. The van der Waals surface area contributed by atoms with Crippen LogP contribution in [-0.4, -0.2) is 5.91 Å². The van der Waals surface area contributed by atoms with Crippen LogP contribution < -0.4 is 10.1 Å². The van der Waals surface area contributed by atoms with Crippen LogP contribution in [0.3, 0.4) is 0 Å². The van der Waals surface area contributed by atoms with E-state index >= 15 is 0 Å². The summed E-state index contributed by atoms with van der Waals surface area (Å²) in [6.07, 6.45) is 2.52. The Morgan fingerprint density at radius 2 is 1.68 bits per heavy atom. The molecule has 4 nitrogen and oxygen atoms in total. The van der Waals surface area contributed by atoms with Crippen LogP contribution in [0.15, 0.2) is 95.0 Å². The van der Waals surface area contributed by atoms with Gasteiger partial charge in [-0.15, -0.1) is 0 Å². The van der Waals surface area contributed by atoms with Crippen molar-refractivity contribution in [3.63, 3.8) is 0 Å². The summed E-state index contributed by atoms with van der Waals surface area (Å²) in [7, 11) is 0. The van der Waals surface area contributed by atoms with Crippen LogP contribution in [0, 0.1) is 11.3 Å². The molecule has 168 valence electrons. The molecule has 0 aliphatic carbocycles. The van der Waals surface area contributed by atoms with Crippen LogP contribution in [0.5, 0.6) is 5.75 Å². The zero-order chi connectivity index (χ0) is 23.9. The Balaban J connectivity index is 1.66. The molecule has 0 aliphatic heterocycles. The molecule has 0 radical (unpaired) electrons. The zero-order valence-corrected chi connectivity index (χ0v) is 20.3. The maximum absolute atomic E-state index is 12.9. The van der Waals surface area contributed by atoms with Crippen molar-refractivity contribution in [3.8, 4) is 11.8 Å². The zero-order valence-electron chi connectivity index (χ0n) is 18.7. The average molecular weight is 511 g/mol. The standard InChI is InChI=1S/C29H23BrN2O2/c1-2-20-9-14-25(15-10-20)32-29(33)23(18-31)17-27-26-6-4-3-5-22(26)11-16-28(27)34-19-21-7-12-24(30)13-8-21/h3-17H,2,19H2,1H3,(H,32,33)/b23-17+. The number of benzene rings is 4. The topological polar surface area (TPSA) is 62.1 Å². The molecule has 0 atom stereocenters. The monoisotopic (exact) mass is 510 g/mol. The van der Waals surface area contributed by atoms with Crippen LogP contribution in [-0.2, 0) is 17.8 Å². The van der Waals surface area contributed by atoms with Crippen molar-refractivity contribution in [1.29, 1.82) is 5.26 Å². The van der Waals surface area contributed by atoms with Crippen LogP contribution >= 0.6 is 15.9 Å². The van der Waals surface area contributed by atoms with Gasteiger partial charge in [-0.2, -0.15) is 5.26 Å². The number of nitrogens with one attached hydrogen (secondary N) is 1. The lowest BCUT2D eigenvalue weighted by molar-refractivity contribution is -0.112. The van der Waals surface area contributed by atoms with Crippen LogP contribution in [0.4, 0.5) is 5.69 Å². The first-order chi connectivity index (χ1) is 16.6. The van der Waals surface area contributed by atoms with Crippen molar-refractivity contribution in [3.05, 3.63) is 112 Å². The second-order valence-corrected chi connectivity index (χ2v) is 8.70. The highest BCUT2D eigenvalue weighted by Crippen LogP contribution is 2.31. The molecule has 1 N–H and O–H groups in total. The molecule has 0 aliphatic rings. The highest BCUT2D eigenvalue weighted by Gasteiger charge is 2.14. The Kier molecular flexibility index (Phi) is 7.41. The second-order valence-electron chi connectivity index (χ2n) is 7.79. The molecule has 5 heteroatoms. The summed E-state index contributed by atoms with van der Waals surface area (Å²) in [5.41, 5.74) is 3.54. The molecule has 0 fully saturated rings. The van der Waals surface area contributed by atoms with E-state index in [1.807, 2.05) is 84.9 Å². The van der Waals surface area contributed by atoms with E-state index in [4.69, 9.17) is 4.74 Å². The van der Waals surface area contributed by atoms with E-state index in [0.29, 0.717) is 23.6 Å². The maximum Gasteiger partial charge on any atom is 0.266 e. The normalized spacial score (nSPS) is 11.1. The number of carbonyl (C=O) groups is 1. The highest BCUT2D eigenvalue weighted by molar-refractivity contribution is 9.10. The average Bonchev–Trinajstić information content (AvgIpc) is 2.87. The van der Waals surface area contributed by atoms with Crippen LogP contribution in [0.1, 0.15) is 23.6 Å². The molecule has 0 aromatic heterocycles. The highest BCUT2D eigenvalue weighted by atomic mass is 79.9. The Morgan fingerprint density at radius 1 is 0.971 bits per heavy atom. The number of nitrogens with zero attached hydrogens (tertiary/aromatic N) is 1. The maximum atomic E-state index is 12.9. The van der Waals surface area contributed by atoms with E-state index in [1.54, 1.807) is 6.08 Å². The second kappa shape index (κ2) is 10.8. The van der Waals surface area contributed by atoms with Gasteiger partial charge in [0, 0.05) is 15.7 Å². The quantitative estimate of drug-likeness (QED) is 0.209. The molecular weight excluding hydrogens is 488 g/mol. The van der Waals surface area contributed by atoms with E-state index in [9.17, 15) is 10.1 Å². The van der Waals surface area contributed by atoms with Gasteiger partial charge in [0.2, 0.25) is 0 Å². The predicted octanol–water partition coefficient (Wildman–Crippen LogP) is 7.29. The van der Waals surface area contributed by atoms with Gasteiger partial charge < -0.3 is 10.1 Å². The summed E-state index contributed by atoms with van der Waals surface area (Å²) in [6, 6.07) is 29.3. The number of fused-ring (bicyclic) bond motifs is 1. The molecule has 0 saturated carbocycles. The van der Waals surface area contributed by atoms with E-state index in [2.05, 4.69) is 34.2 Å². The lowest BCUT2D eigenvalue weighted by Gasteiger charge is -2.13. The van der Waals surface area contributed by atoms with Crippen LogP contribution in [0.2, 0.25) is 0 Å². The number of aryl methyl sites for hydroxylation is 1. The van der Waals surface area contributed by atoms with Gasteiger partial charge in [0.25, 0.3) is 5.91 Å². The van der Waals surface area contributed by atoms with E-state index in [0.717, 1.165) is 27.2 Å². The number of nitriles is 1. The number of carbonyl (C=O) groups excluding carboxylic acids is 1. The van der Waals surface area contributed by atoms with Gasteiger partial charge in [-0.3, -0.25) is 4.79 Å². The fourth-order valence-corrected chi connectivity index (χ4v) is 3.87. The van der Waals surface area contributed by atoms with Crippen LogP contribution in [0.25, 0.3) is 16.8 Å². The van der Waals surface area contributed by atoms with Crippen molar-refractivity contribution < 1.29 is 9.53 Å². The number of rotatable bonds is 7. The van der Waals surface area contributed by atoms with Crippen molar-refractivity contribution >= 4 is 44.4 Å². The van der Waals surface area contributed by atoms with Gasteiger partial charge in [0.05, 0.1) is 0 Å². The Labute approximate surface area is 207 Å². The fraction of sp³-hybridized carbons (Fsp3) is 0.103. The van der Waals surface area contributed by atoms with Crippen molar-refractivity contribution in [2.75, 3.05) is 5.32 Å². The summed E-state index contributed by atoms with van der Waals surface area (Å²) in [5.74, 6) is 0.146. The Bertz CT molecular complexity index is 1380. The fourth-order valence-electron chi connectivity index (χ4n) is 3.61. The molecule has 0 unspecified atom stereocenters. The third-order valence-corrected chi connectivity index (χ3v) is 6.04. The first-order valence-corrected chi connectivity index (χ1v) is 11.8. The van der Waals surface area contributed by atoms with Gasteiger partial charge in [-0.25, -0.2) is 0 Å². The van der Waals surface area contributed by atoms with Gasteiger partial charge in [-0.05, 0) is 64.7 Å². The smallest absolute Gasteiger partial charge is 0.266 e. The molecule has 4 aromatic carbocycles. The molecule has 4 aromatic rings. The Morgan fingerprint density at radius 3 is 2.38 bits per heavy atom. The van der Waals surface area contributed by atoms with Gasteiger partial charge >= 0.3 is 0 Å². The van der Waals surface area contributed by atoms with E-state index in [-0.39, 0.29) is 5.57 Å². The number of ether oxygens (including phenoxy) is 1. The van der Waals surface area contributed by atoms with E-state index in [1.165, 1.54) is 5.56 Å². The third kappa shape index (κ3) is 5.54. The molecule has 1 amide bonds. The van der Waals surface area contributed by atoms with Crippen molar-refractivity contribution in [1.82, 2.24) is 0 Å². The largest absolute Gasteiger partial charge is 0.488 e. The molecule has 0 bridgehead atoms. The molecule has 0 spiro atoms. The minimum absolute atomic E-state index is 0.00409.